The standard InChI is InChI=1S/C26H27ClN8O2S/c27-20-7-2-1-5-18(20)15-23(36)29-21-8-9-22(32-31-21)35-13-10-17(11-14-35)25-33-34-26(38-25)30-24(37)16-19-6-3-4-12-28-19/h1-9,12,17,23,36H,10-11,13-16H2,(H,29,31)(H,30,34,37). The molecule has 4 aromatic rings. The van der Waals surface area contributed by atoms with Crippen molar-refractivity contribution in [3.8, 4) is 0 Å². The van der Waals surface area contributed by atoms with Crippen molar-refractivity contribution in [2.45, 2.75) is 37.8 Å². The number of halogens is 1. The normalized spacial score (nSPS) is 14.7. The summed E-state index contributed by atoms with van der Waals surface area (Å²) in [6.07, 6.45) is 3.19. The van der Waals surface area contributed by atoms with Crippen LogP contribution in [0, 0.1) is 0 Å². The molecule has 1 saturated heterocycles. The number of benzene rings is 1. The summed E-state index contributed by atoms with van der Waals surface area (Å²) < 4.78 is 0. The number of aliphatic hydroxyl groups excluding tert-OH is 1. The largest absolute Gasteiger partial charge is 0.373 e. The van der Waals surface area contributed by atoms with E-state index in [1.165, 1.54) is 11.3 Å². The molecule has 4 heterocycles. The van der Waals surface area contributed by atoms with Gasteiger partial charge >= 0.3 is 0 Å². The topological polar surface area (TPSA) is 129 Å². The number of pyridine rings is 1. The maximum absolute atomic E-state index is 12.3. The molecule has 38 heavy (non-hydrogen) atoms. The van der Waals surface area contributed by atoms with Crippen molar-refractivity contribution in [2.24, 2.45) is 0 Å². The Kier molecular flexibility index (Phi) is 8.37. The van der Waals surface area contributed by atoms with Gasteiger partial charge in [0.2, 0.25) is 11.0 Å². The molecule has 0 spiro atoms. The smallest absolute Gasteiger partial charge is 0.232 e. The average Bonchev–Trinajstić information content (AvgIpc) is 3.39. The molecule has 1 atom stereocenters. The summed E-state index contributed by atoms with van der Waals surface area (Å²) in [5, 5.41) is 35.3. The minimum atomic E-state index is -0.831. The molecule has 1 fully saturated rings. The van der Waals surface area contributed by atoms with Crippen molar-refractivity contribution in [3.63, 3.8) is 0 Å². The second-order valence-electron chi connectivity index (χ2n) is 8.99. The van der Waals surface area contributed by atoms with Gasteiger partial charge in [-0.05, 0) is 48.7 Å². The fraction of sp³-hybridized carbons (Fsp3) is 0.308. The highest BCUT2D eigenvalue weighted by Crippen LogP contribution is 2.33. The van der Waals surface area contributed by atoms with Crippen LogP contribution >= 0.6 is 22.9 Å². The number of piperidine rings is 1. The summed E-state index contributed by atoms with van der Waals surface area (Å²) in [5.41, 5.74) is 1.57. The second-order valence-corrected chi connectivity index (χ2v) is 10.4. The van der Waals surface area contributed by atoms with E-state index in [1.54, 1.807) is 12.3 Å². The minimum Gasteiger partial charge on any atom is -0.373 e. The number of aromatic nitrogens is 5. The Morgan fingerprint density at radius 3 is 2.61 bits per heavy atom. The van der Waals surface area contributed by atoms with Gasteiger partial charge in [-0.25, -0.2) is 0 Å². The molecule has 196 valence electrons. The third-order valence-electron chi connectivity index (χ3n) is 6.26. The van der Waals surface area contributed by atoms with E-state index in [0.29, 0.717) is 28.1 Å². The van der Waals surface area contributed by atoms with Crippen molar-refractivity contribution in [2.75, 3.05) is 28.6 Å². The van der Waals surface area contributed by atoms with E-state index >= 15 is 0 Å². The molecule has 12 heteroatoms. The first-order chi connectivity index (χ1) is 18.5. The second kappa shape index (κ2) is 12.2. The lowest BCUT2D eigenvalue weighted by Crippen LogP contribution is -2.33. The molecule has 3 aromatic heterocycles. The van der Waals surface area contributed by atoms with Crippen LogP contribution in [0.2, 0.25) is 5.02 Å². The van der Waals surface area contributed by atoms with Crippen LogP contribution in [-0.4, -0.2) is 55.7 Å². The molecule has 3 N–H and O–H groups in total. The van der Waals surface area contributed by atoms with Crippen molar-refractivity contribution in [3.05, 3.63) is 82.1 Å². The summed E-state index contributed by atoms with van der Waals surface area (Å²) in [7, 11) is 0. The van der Waals surface area contributed by atoms with E-state index in [1.807, 2.05) is 48.5 Å². The molecule has 0 aliphatic carbocycles. The van der Waals surface area contributed by atoms with E-state index in [-0.39, 0.29) is 18.2 Å². The van der Waals surface area contributed by atoms with Crippen LogP contribution in [-0.2, 0) is 17.6 Å². The quantitative estimate of drug-likeness (QED) is 0.265. The average molecular weight is 551 g/mol. The lowest BCUT2D eigenvalue weighted by atomic mass is 9.98. The number of anilines is 3. The van der Waals surface area contributed by atoms with Crippen molar-refractivity contribution in [1.29, 1.82) is 0 Å². The number of nitrogens with one attached hydrogen (secondary N) is 2. The summed E-state index contributed by atoms with van der Waals surface area (Å²) in [6, 6.07) is 16.6. The van der Waals surface area contributed by atoms with Gasteiger partial charge in [0.15, 0.2) is 11.6 Å². The molecular weight excluding hydrogens is 524 g/mol. The molecular formula is C26H27ClN8O2S. The van der Waals surface area contributed by atoms with Gasteiger partial charge in [-0.1, -0.05) is 47.2 Å². The summed E-state index contributed by atoms with van der Waals surface area (Å²) in [4.78, 5) is 18.7. The molecule has 1 amide bonds. The maximum Gasteiger partial charge on any atom is 0.232 e. The Morgan fingerprint density at radius 1 is 1.05 bits per heavy atom. The zero-order chi connectivity index (χ0) is 26.3. The number of carbonyl (C=O) groups excluding carboxylic acids is 1. The highest BCUT2D eigenvalue weighted by atomic mass is 35.5. The molecule has 1 aliphatic heterocycles. The lowest BCUT2D eigenvalue weighted by molar-refractivity contribution is -0.115. The Bertz CT molecular complexity index is 1350. The van der Waals surface area contributed by atoms with Crippen molar-refractivity contribution in [1.82, 2.24) is 25.4 Å². The summed E-state index contributed by atoms with van der Waals surface area (Å²) >= 11 is 7.60. The SMILES string of the molecule is O=C(Cc1ccccn1)Nc1nnc(C2CCN(c3ccc(NC(O)Cc4ccccc4Cl)nn3)CC2)s1. The molecule has 10 nitrogen and oxygen atoms in total. The zero-order valence-electron chi connectivity index (χ0n) is 20.5. The van der Waals surface area contributed by atoms with Gasteiger partial charge in [-0.2, -0.15) is 0 Å². The molecule has 0 bridgehead atoms. The maximum atomic E-state index is 12.3. The monoisotopic (exact) mass is 550 g/mol. The predicted octanol–water partition coefficient (Wildman–Crippen LogP) is 3.91. The first-order valence-corrected chi connectivity index (χ1v) is 13.5. The van der Waals surface area contributed by atoms with E-state index in [0.717, 1.165) is 42.3 Å². The van der Waals surface area contributed by atoms with Gasteiger partial charge in [0.25, 0.3) is 0 Å². The fourth-order valence-electron chi connectivity index (χ4n) is 4.30. The first-order valence-electron chi connectivity index (χ1n) is 12.3. The lowest BCUT2D eigenvalue weighted by Gasteiger charge is -2.31. The molecule has 0 saturated carbocycles. The number of carbonyl (C=O) groups is 1. The Labute approximate surface area is 229 Å². The number of hydrogen-bond acceptors (Lipinski definition) is 10. The highest BCUT2D eigenvalue weighted by molar-refractivity contribution is 7.15. The number of amides is 1. The molecule has 0 radical (unpaired) electrons. The van der Waals surface area contributed by atoms with Crippen molar-refractivity contribution < 1.29 is 9.90 Å². The number of rotatable bonds is 9. The van der Waals surface area contributed by atoms with Crippen LogP contribution in [0.15, 0.2) is 60.8 Å². The molecule has 1 aliphatic rings. The van der Waals surface area contributed by atoms with Crippen LogP contribution in [0.3, 0.4) is 0 Å². The summed E-state index contributed by atoms with van der Waals surface area (Å²) in [6.45, 7) is 1.62. The van der Waals surface area contributed by atoms with E-state index in [2.05, 4.69) is 40.9 Å². The third-order valence-corrected chi connectivity index (χ3v) is 7.63. The molecule has 1 unspecified atom stereocenters. The van der Waals surface area contributed by atoms with Gasteiger partial charge in [-0.15, -0.1) is 20.4 Å². The number of hydrogen-bond donors (Lipinski definition) is 3. The van der Waals surface area contributed by atoms with E-state index in [4.69, 9.17) is 11.6 Å². The highest BCUT2D eigenvalue weighted by Gasteiger charge is 2.25. The first kappa shape index (κ1) is 26.0. The number of aliphatic hydroxyl groups is 1. The third kappa shape index (κ3) is 6.80. The number of nitrogens with zero attached hydrogens (tertiary/aromatic N) is 6. The molecule has 1 aromatic carbocycles. The predicted molar refractivity (Wildman–Crippen MR) is 147 cm³/mol. The van der Waals surface area contributed by atoms with E-state index < -0.39 is 6.23 Å². The Morgan fingerprint density at radius 2 is 1.87 bits per heavy atom. The van der Waals surface area contributed by atoms with Gasteiger partial charge in [0.1, 0.15) is 11.2 Å². The van der Waals surface area contributed by atoms with E-state index in [9.17, 15) is 9.90 Å². The van der Waals surface area contributed by atoms with Gasteiger partial charge in [0, 0.05) is 42.3 Å². The van der Waals surface area contributed by atoms with Gasteiger partial charge in [0.05, 0.1) is 6.42 Å². The minimum absolute atomic E-state index is 0.158. The molecule has 5 rings (SSSR count). The van der Waals surface area contributed by atoms with Crippen LogP contribution in [0.25, 0.3) is 0 Å². The van der Waals surface area contributed by atoms with Crippen molar-refractivity contribution >= 4 is 45.6 Å². The van der Waals surface area contributed by atoms with Crippen LogP contribution in [0.4, 0.5) is 16.8 Å². The van der Waals surface area contributed by atoms with Gasteiger partial charge < -0.3 is 20.6 Å². The van der Waals surface area contributed by atoms with Crippen LogP contribution < -0.4 is 15.5 Å². The summed E-state index contributed by atoms with van der Waals surface area (Å²) in [5.74, 6) is 1.40. The fourth-order valence-corrected chi connectivity index (χ4v) is 5.44. The Balaban J connectivity index is 1.09. The van der Waals surface area contributed by atoms with Crippen LogP contribution in [0.1, 0.15) is 35.0 Å². The van der Waals surface area contributed by atoms with Crippen LogP contribution in [0.5, 0.6) is 0 Å². The zero-order valence-corrected chi connectivity index (χ0v) is 22.1. The Hall–Kier alpha value is -3.67. The van der Waals surface area contributed by atoms with Gasteiger partial charge in [-0.3, -0.25) is 9.78 Å².